The van der Waals surface area contributed by atoms with E-state index in [9.17, 15) is 8.42 Å². The predicted molar refractivity (Wildman–Crippen MR) is 85.8 cm³/mol. The molecule has 0 radical (unpaired) electrons. The van der Waals surface area contributed by atoms with Crippen LogP contribution in [0, 0.1) is 0 Å². The maximum atomic E-state index is 12.3. The van der Waals surface area contributed by atoms with Gasteiger partial charge in [0.15, 0.2) is 0 Å². The zero-order valence-corrected chi connectivity index (χ0v) is 13.9. The van der Waals surface area contributed by atoms with Gasteiger partial charge in [0.2, 0.25) is 0 Å². The zero-order valence-electron chi connectivity index (χ0n) is 10.7. The lowest BCUT2D eigenvalue weighted by Gasteiger charge is -2.12. The quantitative estimate of drug-likeness (QED) is 0.858. The first-order chi connectivity index (χ1) is 9.42. The highest BCUT2D eigenvalue weighted by Gasteiger charge is 2.15. The Morgan fingerprint density at radius 3 is 2.40 bits per heavy atom. The van der Waals surface area contributed by atoms with Crippen molar-refractivity contribution in [3.05, 3.63) is 57.5 Å². The maximum absolute atomic E-state index is 12.3. The van der Waals surface area contributed by atoms with Crippen molar-refractivity contribution in [2.45, 2.75) is 18.2 Å². The van der Waals surface area contributed by atoms with Gasteiger partial charge in [0.25, 0.3) is 10.0 Å². The van der Waals surface area contributed by atoms with Crippen molar-refractivity contribution in [3.63, 3.8) is 0 Å². The molecule has 0 saturated carbocycles. The summed E-state index contributed by atoms with van der Waals surface area (Å²) in [4.78, 5) is 0.187. The second kappa shape index (κ2) is 6.16. The fourth-order valence-electron chi connectivity index (χ4n) is 1.77. The molecule has 1 N–H and O–H groups in total. The van der Waals surface area contributed by atoms with Crippen LogP contribution in [0.2, 0.25) is 5.02 Å². The van der Waals surface area contributed by atoms with Crippen LogP contribution in [0.25, 0.3) is 0 Å². The first-order valence-electron chi connectivity index (χ1n) is 5.99. The lowest BCUT2D eigenvalue weighted by atomic mass is 10.1. The van der Waals surface area contributed by atoms with E-state index in [1.807, 2.05) is 13.0 Å². The number of aryl methyl sites for hydroxylation is 1. The second-order valence-electron chi connectivity index (χ2n) is 4.21. The molecule has 2 rings (SSSR count). The van der Waals surface area contributed by atoms with Gasteiger partial charge < -0.3 is 0 Å². The second-order valence-corrected chi connectivity index (χ2v) is 7.25. The van der Waals surface area contributed by atoms with Gasteiger partial charge in [0, 0.05) is 9.50 Å². The summed E-state index contributed by atoms with van der Waals surface area (Å²) in [6.07, 6.45) is 0.734. The van der Waals surface area contributed by atoms with Crippen LogP contribution in [0.4, 0.5) is 5.69 Å². The van der Waals surface area contributed by atoms with Gasteiger partial charge in [0.1, 0.15) is 0 Å². The van der Waals surface area contributed by atoms with Crippen LogP contribution >= 0.6 is 27.5 Å². The smallest absolute Gasteiger partial charge is 0.261 e. The van der Waals surface area contributed by atoms with E-state index in [4.69, 9.17) is 11.6 Å². The Morgan fingerprint density at radius 1 is 1.15 bits per heavy atom. The Morgan fingerprint density at radius 2 is 1.80 bits per heavy atom. The number of hydrogen-bond acceptors (Lipinski definition) is 2. The molecule has 0 spiro atoms. The van der Waals surface area contributed by atoms with E-state index in [2.05, 4.69) is 20.7 Å². The topological polar surface area (TPSA) is 46.2 Å². The summed E-state index contributed by atoms with van der Waals surface area (Å²) < 4.78 is 28.1. The minimum absolute atomic E-state index is 0.187. The van der Waals surface area contributed by atoms with Crippen LogP contribution in [-0.2, 0) is 16.4 Å². The van der Waals surface area contributed by atoms with Gasteiger partial charge in [-0.05, 0) is 54.4 Å². The molecule has 3 nitrogen and oxygen atoms in total. The number of rotatable bonds is 4. The lowest BCUT2D eigenvalue weighted by Crippen LogP contribution is -2.14. The van der Waals surface area contributed by atoms with Gasteiger partial charge in [-0.15, -0.1) is 0 Å². The standard InChI is InChI=1S/C14H13BrClNO2S/c1-2-10-9-11(15)3-8-14(10)17-20(18,19)13-6-4-12(16)5-7-13/h3-9,17H,2H2,1H3. The van der Waals surface area contributed by atoms with Crippen molar-refractivity contribution >= 4 is 43.2 Å². The summed E-state index contributed by atoms with van der Waals surface area (Å²) in [5, 5.41) is 0.502. The minimum Gasteiger partial charge on any atom is -0.279 e. The molecule has 0 aromatic heterocycles. The first kappa shape index (κ1) is 15.4. The van der Waals surface area contributed by atoms with E-state index in [0.29, 0.717) is 10.7 Å². The fraction of sp³-hybridized carbons (Fsp3) is 0.143. The third kappa shape index (κ3) is 3.53. The molecule has 106 valence electrons. The van der Waals surface area contributed by atoms with Crippen LogP contribution in [0.15, 0.2) is 51.8 Å². The van der Waals surface area contributed by atoms with Crippen molar-refractivity contribution in [3.8, 4) is 0 Å². The van der Waals surface area contributed by atoms with Gasteiger partial charge in [-0.2, -0.15) is 0 Å². The number of sulfonamides is 1. The highest BCUT2D eigenvalue weighted by Crippen LogP contribution is 2.24. The number of halogens is 2. The first-order valence-corrected chi connectivity index (χ1v) is 8.64. The van der Waals surface area contributed by atoms with Crippen LogP contribution in [0.5, 0.6) is 0 Å². The average molecular weight is 375 g/mol. The summed E-state index contributed by atoms with van der Waals surface area (Å²) in [6.45, 7) is 1.97. The predicted octanol–water partition coefficient (Wildman–Crippen LogP) is 4.47. The van der Waals surface area contributed by atoms with E-state index >= 15 is 0 Å². The van der Waals surface area contributed by atoms with Crippen molar-refractivity contribution in [1.82, 2.24) is 0 Å². The summed E-state index contributed by atoms with van der Waals surface area (Å²) in [5.41, 5.74) is 1.52. The number of anilines is 1. The fourth-order valence-corrected chi connectivity index (χ4v) is 3.41. The molecule has 0 bridgehead atoms. The Bertz CT molecular complexity index is 714. The summed E-state index contributed by atoms with van der Waals surface area (Å²) >= 11 is 9.14. The minimum atomic E-state index is -3.60. The molecule has 0 unspecified atom stereocenters. The Kier molecular flexibility index (Phi) is 4.73. The molecule has 0 aliphatic carbocycles. The summed E-state index contributed by atoms with van der Waals surface area (Å²) in [6, 6.07) is 11.5. The monoisotopic (exact) mass is 373 g/mol. The molecule has 0 heterocycles. The van der Waals surface area contributed by atoms with E-state index in [-0.39, 0.29) is 4.90 Å². The van der Waals surface area contributed by atoms with E-state index < -0.39 is 10.0 Å². The van der Waals surface area contributed by atoms with Crippen molar-refractivity contribution in [2.75, 3.05) is 4.72 Å². The Labute approximate surface area is 132 Å². The van der Waals surface area contributed by atoms with Gasteiger partial charge >= 0.3 is 0 Å². The highest BCUT2D eigenvalue weighted by atomic mass is 79.9. The number of nitrogens with one attached hydrogen (secondary N) is 1. The van der Waals surface area contributed by atoms with Crippen molar-refractivity contribution < 1.29 is 8.42 Å². The van der Waals surface area contributed by atoms with Gasteiger partial charge in [-0.3, -0.25) is 4.72 Å². The largest absolute Gasteiger partial charge is 0.279 e. The molecule has 2 aromatic rings. The molecular weight excluding hydrogens is 362 g/mol. The van der Waals surface area contributed by atoms with E-state index in [0.717, 1.165) is 16.5 Å². The third-order valence-electron chi connectivity index (χ3n) is 2.82. The van der Waals surface area contributed by atoms with Gasteiger partial charge in [-0.25, -0.2) is 8.42 Å². The number of benzene rings is 2. The van der Waals surface area contributed by atoms with Gasteiger partial charge in [-0.1, -0.05) is 34.5 Å². The molecule has 0 fully saturated rings. The molecule has 6 heteroatoms. The van der Waals surface area contributed by atoms with E-state index in [1.165, 1.54) is 12.1 Å². The third-order valence-corrected chi connectivity index (χ3v) is 4.94. The van der Waals surface area contributed by atoms with Crippen molar-refractivity contribution in [1.29, 1.82) is 0 Å². The summed E-state index contributed by atoms with van der Waals surface area (Å²) in [7, 11) is -3.60. The molecule has 2 aromatic carbocycles. The lowest BCUT2D eigenvalue weighted by molar-refractivity contribution is 0.601. The van der Waals surface area contributed by atoms with Crippen molar-refractivity contribution in [2.24, 2.45) is 0 Å². The molecule has 0 saturated heterocycles. The molecule has 20 heavy (non-hydrogen) atoms. The summed E-state index contributed by atoms with van der Waals surface area (Å²) in [5.74, 6) is 0. The van der Waals surface area contributed by atoms with Crippen LogP contribution in [-0.4, -0.2) is 8.42 Å². The van der Waals surface area contributed by atoms with Crippen LogP contribution < -0.4 is 4.72 Å². The Balaban J connectivity index is 2.35. The molecular formula is C14H13BrClNO2S. The highest BCUT2D eigenvalue weighted by molar-refractivity contribution is 9.10. The van der Waals surface area contributed by atoms with Crippen LogP contribution in [0.1, 0.15) is 12.5 Å². The SMILES string of the molecule is CCc1cc(Br)ccc1NS(=O)(=O)c1ccc(Cl)cc1. The number of hydrogen-bond donors (Lipinski definition) is 1. The Hall–Kier alpha value is -1.04. The normalized spacial score (nSPS) is 11.3. The molecule has 0 aliphatic heterocycles. The molecule has 0 aliphatic rings. The van der Waals surface area contributed by atoms with Crippen LogP contribution in [0.3, 0.4) is 0 Å². The van der Waals surface area contributed by atoms with E-state index in [1.54, 1.807) is 24.3 Å². The maximum Gasteiger partial charge on any atom is 0.261 e. The zero-order chi connectivity index (χ0) is 14.8. The van der Waals surface area contributed by atoms with Gasteiger partial charge in [0.05, 0.1) is 10.6 Å². The molecule has 0 atom stereocenters. The molecule has 0 amide bonds. The average Bonchev–Trinajstić information content (AvgIpc) is 2.41.